The summed E-state index contributed by atoms with van der Waals surface area (Å²) in [7, 11) is 0. The standard InChI is InChI=1S/C54H36N6/c1-3-19-41-37(15-1)17-13-21-43(41)53-45-29-27-39(59(49-23-5-9-31-55-49)50-24-6-10-32-56-50)35-47(45)54(44-22-14-18-38-16-2-4-20-42(38)44)48-36-40(28-30-46(48)53)60(51-25-7-11-33-57-51)52-26-8-12-34-58-52/h1-36H. The maximum Gasteiger partial charge on any atom is 0.138 e. The van der Waals surface area contributed by atoms with Gasteiger partial charge in [-0.2, -0.15) is 0 Å². The Kier molecular flexibility index (Phi) is 8.71. The molecule has 4 aromatic heterocycles. The zero-order valence-corrected chi connectivity index (χ0v) is 32.5. The van der Waals surface area contributed by atoms with Crippen molar-refractivity contribution in [2.75, 3.05) is 9.80 Å². The number of aromatic nitrogens is 4. The van der Waals surface area contributed by atoms with E-state index in [1.807, 2.05) is 97.6 Å². The zero-order chi connectivity index (χ0) is 39.8. The van der Waals surface area contributed by atoms with Gasteiger partial charge in [0.1, 0.15) is 23.3 Å². The SMILES string of the molecule is c1ccc(N(c2ccc3c(-c4cccc5ccccc45)c4ccc(N(c5ccccn5)c5ccccn5)cc4c(-c4cccc5ccccc45)c3c2)c2ccccn2)nc1. The van der Waals surface area contributed by atoms with Crippen LogP contribution < -0.4 is 9.80 Å². The molecule has 6 nitrogen and oxygen atoms in total. The van der Waals surface area contributed by atoms with Crippen molar-refractivity contribution in [3.63, 3.8) is 0 Å². The lowest BCUT2D eigenvalue weighted by Gasteiger charge is -2.26. The average Bonchev–Trinajstić information content (AvgIpc) is 3.32. The Labute approximate surface area is 347 Å². The molecule has 0 saturated carbocycles. The fourth-order valence-corrected chi connectivity index (χ4v) is 8.66. The van der Waals surface area contributed by atoms with Gasteiger partial charge in [-0.25, -0.2) is 19.9 Å². The summed E-state index contributed by atoms with van der Waals surface area (Å²) in [5.74, 6) is 3.11. The molecule has 0 N–H and O–H groups in total. The third kappa shape index (κ3) is 6.06. The highest BCUT2D eigenvalue weighted by atomic mass is 15.2. The van der Waals surface area contributed by atoms with Crippen molar-refractivity contribution in [2.45, 2.75) is 0 Å². The summed E-state index contributed by atoms with van der Waals surface area (Å²) < 4.78 is 0. The van der Waals surface area contributed by atoms with E-state index in [1.165, 1.54) is 32.7 Å². The highest BCUT2D eigenvalue weighted by Gasteiger charge is 2.24. The maximum atomic E-state index is 4.84. The summed E-state index contributed by atoms with van der Waals surface area (Å²) in [5, 5.41) is 9.24. The molecular formula is C54H36N6. The minimum Gasteiger partial charge on any atom is -0.279 e. The number of rotatable bonds is 8. The lowest BCUT2D eigenvalue weighted by molar-refractivity contribution is 1.13. The molecule has 0 radical (unpaired) electrons. The molecule has 7 aromatic carbocycles. The number of pyridine rings is 4. The minimum absolute atomic E-state index is 0.779. The molecule has 0 bridgehead atoms. The van der Waals surface area contributed by atoms with E-state index in [0.29, 0.717) is 0 Å². The fraction of sp³-hybridized carbons (Fsp3) is 0. The van der Waals surface area contributed by atoms with Crippen LogP contribution in [0.25, 0.3) is 65.3 Å². The normalized spacial score (nSPS) is 11.3. The van der Waals surface area contributed by atoms with Crippen LogP contribution in [0.5, 0.6) is 0 Å². The molecule has 0 fully saturated rings. The van der Waals surface area contributed by atoms with Crippen LogP contribution in [0.2, 0.25) is 0 Å². The number of nitrogens with zero attached hydrogens (tertiary/aromatic N) is 6. The van der Waals surface area contributed by atoms with Gasteiger partial charge >= 0.3 is 0 Å². The van der Waals surface area contributed by atoms with Crippen molar-refractivity contribution in [1.29, 1.82) is 0 Å². The minimum atomic E-state index is 0.779. The summed E-state index contributed by atoms with van der Waals surface area (Å²) in [6, 6.07) is 68.2. The van der Waals surface area contributed by atoms with Crippen LogP contribution in [0.1, 0.15) is 0 Å². The molecule has 4 heterocycles. The van der Waals surface area contributed by atoms with E-state index < -0.39 is 0 Å². The van der Waals surface area contributed by atoms with Crippen molar-refractivity contribution in [3.05, 3.63) is 219 Å². The molecule has 282 valence electrons. The molecule has 11 aromatic rings. The van der Waals surface area contributed by atoms with Crippen molar-refractivity contribution in [3.8, 4) is 22.3 Å². The van der Waals surface area contributed by atoms with Gasteiger partial charge in [0.25, 0.3) is 0 Å². The first-order chi connectivity index (χ1) is 29.8. The molecule has 0 saturated heterocycles. The van der Waals surface area contributed by atoms with Crippen LogP contribution in [0.4, 0.5) is 34.6 Å². The predicted octanol–water partition coefficient (Wildman–Crippen LogP) is 14.2. The lowest BCUT2D eigenvalue weighted by Crippen LogP contribution is -2.13. The van der Waals surface area contributed by atoms with E-state index in [9.17, 15) is 0 Å². The smallest absolute Gasteiger partial charge is 0.138 e. The molecular weight excluding hydrogens is 733 g/mol. The first-order valence-corrected chi connectivity index (χ1v) is 20.0. The lowest BCUT2D eigenvalue weighted by atomic mass is 9.83. The second-order valence-electron chi connectivity index (χ2n) is 14.7. The monoisotopic (exact) mass is 768 g/mol. The van der Waals surface area contributed by atoms with E-state index in [2.05, 4.69) is 131 Å². The maximum absolute atomic E-state index is 4.84. The summed E-state index contributed by atoms with van der Waals surface area (Å²) in [6.07, 6.45) is 7.32. The van der Waals surface area contributed by atoms with E-state index in [-0.39, 0.29) is 0 Å². The highest BCUT2D eigenvalue weighted by Crippen LogP contribution is 2.49. The average molecular weight is 769 g/mol. The van der Waals surface area contributed by atoms with E-state index in [4.69, 9.17) is 19.9 Å². The molecule has 0 spiro atoms. The Hall–Kier alpha value is -8.22. The van der Waals surface area contributed by atoms with Gasteiger partial charge in [0.05, 0.1) is 0 Å². The first kappa shape index (κ1) is 35.0. The quantitative estimate of drug-likeness (QED) is 0.144. The van der Waals surface area contributed by atoms with Crippen LogP contribution in [0.15, 0.2) is 219 Å². The van der Waals surface area contributed by atoms with Crippen molar-refractivity contribution < 1.29 is 0 Å². The molecule has 0 aliphatic carbocycles. The van der Waals surface area contributed by atoms with Crippen LogP contribution in [0.3, 0.4) is 0 Å². The Balaban J connectivity index is 1.31. The van der Waals surface area contributed by atoms with Gasteiger partial charge < -0.3 is 0 Å². The summed E-state index contributed by atoms with van der Waals surface area (Å²) >= 11 is 0. The molecule has 0 atom stereocenters. The van der Waals surface area contributed by atoms with Gasteiger partial charge in [0.15, 0.2) is 0 Å². The van der Waals surface area contributed by atoms with Gasteiger partial charge in [0.2, 0.25) is 0 Å². The Morgan fingerprint density at radius 3 is 1.00 bits per heavy atom. The van der Waals surface area contributed by atoms with E-state index in [0.717, 1.165) is 67.3 Å². The Morgan fingerprint density at radius 1 is 0.267 bits per heavy atom. The second kappa shape index (κ2) is 14.9. The summed E-state index contributed by atoms with van der Waals surface area (Å²) in [6.45, 7) is 0. The molecule has 11 rings (SSSR count). The van der Waals surface area contributed by atoms with Crippen molar-refractivity contribution in [1.82, 2.24) is 19.9 Å². The van der Waals surface area contributed by atoms with E-state index >= 15 is 0 Å². The van der Waals surface area contributed by atoms with Crippen molar-refractivity contribution >= 4 is 77.7 Å². The van der Waals surface area contributed by atoms with E-state index in [1.54, 1.807) is 0 Å². The molecule has 60 heavy (non-hydrogen) atoms. The van der Waals surface area contributed by atoms with Gasteiger partial charge in [-0.15, -0.1) is 0 Å². The zero-order valence-electron chi connectivity index (χ0n) is 32.5. The molecule has 0 unspecified atom stereocenters. The highest BCUT2D eigenvalue weighted by molar-refractivity contribution is 6.26. The van der Waals surface area contributed by atoms with Gasteiger partial charge in [-0.05, 0) is 138 Å². The molecule has 0 aliphatic rings. The largest absolute Gasteiger partial charge is 0.279 e. The van der Waals surface area contributed by atoms with Gasteiger partial charge in [0, 0.05) is 36.2 Å². The molecule has 6 heteroatoms. The number of fused-ring (bicyclic) bond motifs is 4. The number of hydrogen-bond acceptors (Lipinski definition) is 6. The second-order valence-corrected chi connectivity index (χ2v) is 14.7. The van der Waals surface area contributed by atoms with Gasteiger partial charge in [-0.1, -0.05) is 121 Å². The van der Waals surface area contributed by atoms with Crippen LogP contribution in [-0.4, -0.2) is 19.9 Å². The molecule has 0 aliphatic heterocycles. The summed E-state index contributed by atoms with van der Waals surface area (Å²) in [4.78, 5) is 23.6. The van der Waals surface area contributed by atoms with Crippen LogP contribution >= 0.6 is 0 Å². The summed E-state index contributed by atoms with van der Waals surface area (Å²) in [5.41, 5.74) is 6.52. The van der Waals surface area contributed by atoms with Gasteiger partial charge in [-0.3, -0.25) is 9.80 Å². The topological polar surface area (TPSA) is 58.0 Å². The third-order valence-corrected chi connectivity index (χ3v) is 11.2. The number of anilines is 6. The number of benzene rings is 7. The fourth-order valence-electron chi connectivity index (χ4n) is 8.66. The molecule has 0 amide bonds. The Bertz CT molecular complexity index is 3090. The third-order valence-electron chi connectivity index (χ3n) is 11.2. The first-order valence-electron chi connectivity index (χ1n) is 20.0. The number of hydrogen-bond donors (Lipinski definition) is 0. The van der Waals surface area contributed by atoms with Crippen molar-refractivity contribution in [2.24, 2.45) is 0 Å². The van der Waals surface area contributed by atoms with Crippen LogP contribution in [-0.2, 0) is 0 Å². The Morgan fingerprint density at radius 2 is 0.617 bits per heavy atom. The van der Waals surface area contributed by atoms with Crippen LogP contribution in [0, 0.1) is 0 Å². The predicted molar refractivity (Wildman–Crippen MR) is 248 cm³/mol.